The van der Waals surface area contributed by atoms with Gasteiger partial charge in [0.25, 0.3) is 11.8 Å². The van der Waals surface area contributed by atoms with E-state index < -0.39 is 0 Å². The van der Waals surface area contributed by atoms with Gasteiger partial charge in [-0.25, -0.2) is 0 Å². The van der Waals surface area contributed by atoms with Gasteiger partial charge in [-0.2, -0.15) is 0 Å². The highest BCUT2D eigenvalue weighted by Crippen LogP contribution is 2.24. The Morgan fingerprint density at radius 3 is 2.45 bits per heavy atom. The van der Waals surface area contributed by atoms with Gasteiger partial charge in [-0.05, 0) is 56.4 Å². The lowest BCUT2D eigenvalue weighted by molar-refractivity contribution is 0.0559. The molecule has 0 fully saturated rings. The van der Waals surface area contributed by atoms with Crippen molar-refractivity contribution in [3.8, 4) is 5.75 Å². The maximum atomic E-state index is 13.5. The van der Waals surface area contributed by atoms with Crippen LogP contribution in [0.15, 0.2) is 48.5 Å². The molecule has 3 rings (SSSR count). The molecular weight excluding hydrogens is 388 g/mol. The van der Waals surface area contributed by atoms with Gasteiger partial charge in [-0.15, -0.1) is 0 Å². The summed E-state index contributed by atoms with van der Waals surface area (Å²) < 4.78 is 6.19. The number of nitrogens with zero attached hydrogens (tertiary/aromatic N) is 2. The Balaban J connectivity index is 1.93. The molecule has 1 atom stereocenters. The van der Waals surface area contributed by atoms with Gasteiger partial charge in [0.2, 0.25) is 0 Å². The average molecular weight is 423 g/mol. The van der Waals surface area contributed by atoms with Crippen LogP contribution in [-0.2, 0) is 0 Å². The third-order valence-electron chi connectivity index (χ3n) is 5.78. The molecule has 5 nitrogen and oxygen atoms in total. The van der Waals surface area contributed by atoms with Gasteiger partial charge in [0.05, 0.1) is 11.6 Å². The molecule has 31 heavy (non-hydrogen) atoms. The van der Waals surface area contributed by atoms with Gasteiger partial charge in [0, 0.05) is 25.7 Å². The Kier molecular flexibility index (Phi) is 7.72. The molecule has 0 aliphatic carbocycles. The standard InChI is InChI=1S/C26H34N2O3/c1-19(2)17-22-18-31-24-10-6-5-9-23(24)26(30)27(4)15-7-8-16-28(22)25(29)21-13-11-20(3)12-14-21/h5-6,9-14,19,22H,7-8,15-18H2,1-4H3/t22-/m0/s1. The van der Waals surface area contributed by atoms with E-state index in [4.69, 9.17) is 4.74 Å². The van der Waals surface area contributed by atoms with Crippen molar-refractivity contribution in [1.82, 2.24) is 9.80 Å². The Hall–Kier alpha value is -2.82. The first-order valence-corrected chi connectivity index (χ1v) is 11.2. The fourth-order valence-corrected chi connectivity index (χ4v) is 4.03. The first-order valence-electron chi connectivity index (χ1n) is 11.2. The lowest BCUT2D eigenvalue weighted by atomic mass is 10.0. The van der Waals surface area contributed by atoms with Crippen LogP contribution in [0.3, 0.4) is 0 Å². The number of aryl methyl sites for hydroxylation is 1. The van der Waals surface area contributed by atoms with E-state index in [0.717, 1.165) is 24.8 Å². The number of carbonyl (C=O) groups is 2. The maximum absolute atomic E-state index is 13.5. The van der Waals surface area contributed by atoms with E-state index in [2.05, 4.69) is 13.8 Å². The molecule has 0 radical (unpaired) electrons. The second-order valence-corrected chi connectivity index (χ2v) is 8.89. The van der Waals surface area contributed by atoms with E-state index in [1.165, 1.54) is 0 Å². The van der Waals surface area contributed by atoms with E-state index in [1.54, 1.807) is 4.90 Å². The molecule has 1 aliphatic heterocycles. The summed E-state index contributed by atoms with van der Waals surface area (Å²) in [6.07, 6.45) is 2.52. The Bertz CT molecular complexity index is 892. The summed E-state index contributed by atoms with van der Waals surface area (Å²) in [5, 5.41) is 0. The predicted molar refractivity (Wildman–Crippen MR) is 124 cm³/mol. The minimum Gasteiger partial charge on any atom is -0.491 e. The summed E-state index contributed by atoms with van der Waals surface area (Å²) >= 11 is 0. The highest BCUT2D eigenvalue weighted by atomic mass is 16.5. The van der Waals surface area contributed by atoms with Crippen LogP contribution in [0.1, 0.15) is 59.4 Å². The molecule has 166 valence electrons. The fraction of sp³-hybridized carbons (Fsp3) is 0.462. The number of benzene rings is 2. The van der Waals surface area contributed by atoms with Crippen LogP contribution >= 0.6 is 0 Å². The van der Waals surface area contributed by atoms with Gasteiger partial charge >= 0.3 is 0 Å². The van der Waals surface area contributed by atoms with E-state index in [9.17, 15) is 9.59 Å². The van der Waals surface area contributed by atoms with E-state index in [-0.39, 0.29) is 17.9 Å². The summed E-state index contributed by atoms with van der Waals surface area (Å²) in [4.78, 5) is 30.1. The summed E-state index contributed by atoms with van der Waals surface area (Å²) in [6.45, 7) is 8.01. The zero-order chi connectivity index (χ0) is 22.4. The summed E-state index contributed by atoms with van der Waals surface area (Å²) in [6, 6.07) is 15.1. The molecule has 2 amide bonds. The lowest BCUT2D eigenvalue weighted by Crippen LogP contribution is -2.45. The van der Waals surface area contributed by atoms with Gasteiger partial charge in [0.15, 0.2) is 0 Å². The number of para-hydroxylation sites is 1. The van der Waals surface area contributed by atoms with Crippen molar-refractivity contribution in [2.45, 2.75) is 46.1 Å². The smallest absolute Gasteiger partial charge is 0.257 e. The second kappa shape index (κ2) is 10.5. The average Bonchev–Trinajstić information content (AvgIpc) is 2.75. The molecule has 0 N–H and O–H groups in total. The predicted octanol–water partition coefficient (Wildman–Crippen LogP) is 4.80. The molecule has 2 aromatic carbocycles. The summed E-state index contributed by atoms with van der Waals surface area (Å²) in [7, 11) is 1.82. The van der Waals surface area contributed by atoms with Crippen LogP contribution in [0.25, 0.3) is 0 Å². The highest BCUT2D eigenvalue weighted by Gasteiger charge is 2.27. The van der Waals surface area contributed by atoms with Crippen molar-refractivity contribution in [2.75, 3.05) is 26.7 Å². The molecule has 0 saturated heterocycles. The van der Waals surface area contributed by atoms with Gasteiger partial charge in [0.1, 0.15) is 12.4 Å². The fourth-order valence-electron chi connectivity index (χ4n) is 4.03. The van der Waals surface area contributed by atoms with Crippen molar-refractivity contribution >= 4 is 11.8 Å². The number of fused-ring (bicyclic) bond motifs is 1. The summed E-state index contributed by atoms with van der Waals surface area (Å²) in [5.74, 6) is 1.02. The maximum Gasteiger partial charge on any atom is 0.257 e. The minimum absolute atomic E-state index is 0.0239. The minimum atomic E-state index is -0.0610. The van der Waals surface area contributed by atoms with E-state index in [0.29, 0.717) is 42.5 Å². The van der Waals surface area contributed by atoms with Crippen LogP contribution in [0.2, 0.25) is 0 Å². The molecule has 5 heteroatoms. The van der Waals surface area contributed by atoms with Crippen LogP contribution in [0, 0.1) is 12.8 Å². The second-order valence-electron chi connectivity index (χ2n) is 8.89. The van der Waals surface area contributed by atoms with Crippen LogP contribution < -0.4 is 4.74 Å². The zero-order valence-corrected chi connectivity index (χ0v) is 19.1. The first kappa shape index (κ1) is 22.9. The molecule has 0 bridgehead atoms. The van der Waals surface area contributed by atoms with Gasteiger partial charge in [-0.1, -0.05) is 43.7 Å². The van der Waals surface area contributed by atoms with Crippen molar-refractivity contribution in [3.05, 3.63) is 65.2 Å². The molecule has 2 aromatic rings. The van der Waals surface area contributed by atoms with Crippen LogP contribution in [0.5, 0.6) is 5.75 Å². The van der Waals surface area contributed by atoms with Crippen molar-refractivity contribution in [2.24, 2.45) is 5.92 Å². The lowest BCUT2D eigenvalue weighted by Gasteiger charge is -2.34. The number of amides is 2. The number of rotatable bonds is 3. The summed E-state index contributed by atoms with van der Waals surface area (Å²) in [5.41, 5.74) is 2.42. The van der Waals surface area contributed by atoms with E-state index >= 15 is 0 Å². The molecule has 0 aromatic heterocycles. The largest absolute Gasteiger partial charge is 0.491 e. The number of ether oxygens (including phenoxy) is 1. The third kappa shape index (κ3) is 5.87. The number of hydrogen-bond donors (Lipinski definition) is 0. The molecule has 1 heterocycles. The zero-order valence-electron chi connectivity index (χ0n) is 19.1. The van der Waals surface area contributed by atoms with Gasteiger partial charge in [-0.3, -0.25) is 9.59 Å². The van der Waals surface area contributed by atoms with Crippen LogP contribution in [-0.4, -0.2) is 54.4 Å². The Morgan fingerprint density at radius 1 is 1.06 bits per heavy atom. The monoisotopic (exact) mass is 422 g/mol. The van der Waals surface area contributed by atoms with E-state index in [1.807, 2.05) is 67.4 Å². The molecule has 0 spiro atoms. The van der Waals surface area contributed by atoms with Crippen molar-refractivity contribution < 1.29 is 14.3 Å². The van der Waals surface area contributed by atoms with Crippen molar-refractivity contribution in [3.63, 3.8) is 0 Å². The first-order chi connectivity index (χ1) is 14.9. The van der Waals surface area contributed by atoms with Gasteiger partial charge < -0.3 is 14.5 Å². The number of hydrogen-bond acceptors (Lipinski definition) is 3. The molecule has 0 unspecified atom stereocenters. The Labute approximate surface area is 186 Å². The SMILES string of the molecule is Cc1ccc(C(=O)N2CCCCN(C)C(=O)c3ccccc3OC[C@@H]2CC(C)C)cc1. The normalized spacial score (nSPS) is 18.1. The quantitative estimate of drug-likeness (QED) is 0.714. The third-order valence-corrected chi connectivity index (χ3v) is 5.78. The van der Waals surface area contributed by atoms with Crippen LogP contribution in [0.4, 0.5) is 0 Å². The van der Waals surface area contributed by atoms with Crippen molar-refractivity contribution in [1.29, 1.82) is 0 Å². The molecule has 1 aliphatic rings. The highest BCUT2D eigenvalue weighted by molar-refractivity contribution is 5.97. The molecular formula is C26H34N2O3. The molecule has 0 saturated carbocycles. The Morgan fingerprint density at radius 2 is 1.74 bits per heavy atom. The topological polar surface area (TPSA) is 49.9 Å². The number of carbonyl (C=O) groups excluding carboxylic acids is 2.